The third-order valence-corrected chi connectivity index (χ3v) is 4.48. The van der Waals surface area contributed by atoms with Gasteiger partial charge >= 0.3 is 0 Å². The van der Waals surface area contributed by atoms with Crippen molar-refractivity contribution in [1.29, 1.82) is 0 Å². The summed E-state index contributed by atoms with van der Waals surface area (Å²) in [5.74, 6) is 1.39. The summed E-state index contributed by atoms with van der Waals surface area (Å²) in [4.78, 5) is 22.7. The van der Waals surface area contributed by atoms with E-state index < -0.39 is 10.8 Å². The fourth-order valence-corrected chi connectivity index (χ4v) is 2.77. The molecule has 29 heavy (non-hydrogen) atoms. The van der Waals surface area contributed by atoms with Gasteiger partial charge in [0.05, 0.1) is 4.92 Å². The summed E-state index contributed by atoms with van der Waals surface area (Å²) < 4.78 is 11.3. The number of carbonyl (C=O) groups excluding carboxylic acids is 1. The summed E-state index contributed by atoms with van der Waals surface area (Å²) in [5, 5.41) is 13.5. The van der Waals surface area contributed by atoms with Crippen LogP contribution in [0.15, 0.2) is 59.0 Å². The van der Waals surface area contributed by atoms with Crippen LogP contribution in [0.5, 0.6) is 5.75 Å². The number of hydrogen-bond donors (Lipinski definition) is 1. The quantitative estimate of drug-likeness (QED) is 0.425. The molecule has 0 spiro atoms. The highest BCUT2D eigenvalue weighted by atomic mass is 16.6. The molecule has 0 saturated carbocycles. The number of carbonyl (C=O) groups is 1. The molecule has 0 saturated heterocycles. The van der Waals surface area contributed by atoms with Crippen LogP contribution >= 0.6 is 0 Å². The maximum absolute atomic E-state index is 12.4. The van der Waals surface area contributed by atoms with Gasteiger partial charge in [0.15, 0.2) is 5.76 Å². The Morgan fingerprint density at radius 3 is 2.48 bits per heavy atom. The molecule has 3 aromatic rings. The van der Waals surface area contributed by atoms with Crippen LogP contribution in [0.3, 0.4) is 0 Å². The molecule has 150 valence electrons. The Labute approximate surface area is 168 Å². The minimum absolute atomic E-state index is 0.0284. The van der Waals surface area contributed by atoms with E-state index in [1.54, 1.807) is 19.1 Å². The maximum Gasteiger partial charge on any atom is 0.291 e. The van der Waals surface area contributed by atoms with Gasteiger partial charge in [-0.15, -0.1) is 0 Å². The number of non-ortho nitro benzene ring substituents is 1. The molecule has 0 aliphatic heterocycles. The van der Waals surface area contributed by atoms with Gasteiger partial charge in [0.25, 0.3) is 11.6 Å². The molecule has 0 radical (unpaired) electrons. The molecule has 1 aromatic heterocycles. The Hall–Kier alpha value is -3.61. The molecule has 3 rings (SSSR count). The lowest BCUT2D eigenvalue weighted by Gasteiger charge is -2.08. The molecule has 1 amide bonds. The molecule has 2 aromatic carbocycles. The van der Waals surface area contributed by atoms with E-state index in [1.165, 1.54) is 23.8 Å². The zero-order valence-electron chi connectivity index (χ0n) is 16.5. The molecule has 0 aliphatic rings. The summed E-state index contributed by atoms with van der Waals surface area (Å²) in [5.41, 5.74) is 2.28. The Morgan fingerprint density at radius 2 is 1.86 bits per heavy atom. The molecule has 0 atom stereocenters. The van der Waals surface area contributed by atoms with Crippen LogP contribution in [0.1, 0.15) is 47.2 Å². The fraction of sp³-hybridized carbons (Fsp3) is 0.227. The largest absolute Gasteiger partial charge is 0.486 e. The van der Waals surface area contributed by atoms with E-state index in [4.69, 9.17) is 9.15 Å². The lowest BCUT2D eigenvalue weighted by Crippen LogP contribution is -2.12. The number of furan rings is 1. The van der Waals surface area contributed by atoms with Gasteiger partial charge in [0.2, 0.25) is 0 Å². The van der Waals surface area contributed by atoms with Crippen molar-refractivity contribution in [2.75, 3.05) is 5.32 Å². The van der Waals surface area contributed by atoms with Crippen molar-refractivity contribution in [1.82, 2.24) is 0 Å². The number of aryl methyl sites for hydroxylation is 1. The van der Waals surface area contributed by atoms with E-state index in [1.807, 2.05) is 24.3 Å². The second kappa shape index (κ2) is 8.60. The third kappa shape index (κ3) is 5.01. The lowest BCUT2D eigenvalue weighted by atomic mass is 10.0. The number of nitro benzene ring substituents is 1. The SMILES string of the molecule is Cc1cc([N+](=O)[O-])ccc1NC(=O)c1ccc(COc2ccc(C(C)C)cc2)o1. The van der Waals surface area contributed by atoms with Gasteiger partial charge in [-0.25, -0.2) is 0 Å². The zero-order valence-corrected chi connectivity index (χ0v) is 16.5. The minimum atomic E-state index is -0.478. The van der Waals surface area contributed by atoms with E-state index >= 15 is 0 Å². The molecular weight excluding hydrogens is 372 g/mol. The minimum Gasteiger partial charge on any atom is -0.486 e. The van der Waals surface area contributed by atoms with Gasteiger partial charge in [-0.3, -0.25) is 14.9 Å². The van der Waals surface area contributed by atoms with E-state index in [2.05, 4.69) is 19.2 Å². The molecule has 1 N–H and O–H groups in total. The number of rotatable bonds is 7. The van der Waals surface area contributed by atoms with Crippen LogP contribution in [0.4, 0.5) is 11.4 Å². The van der Waals surface area contributed by atoms with Crippen LogP contribution in [-0.4, -0.2) is 10.8 Å². The van der Waals surface area contributed by atoms with E-state index in [-0.39, 0.29) is 18.1 Å². The van der Waals surface area contributed by atoms with Crippen molar-refractivity contribution in [3.8, 4) is 5.75 Å². The first-order valence-electron chi connectivity index (χ1n) is 9.21. The standard InChI is InChI=1S/C22H22N2O5/c1-14(2)16-4-7-18(8-5-16)28-13-19-9-11-21(29-19)22(25)23-20-10-6-17(24(26)27)12-15(20)3/h4-12,14H,13H2,1-3H3,(H,23,25). The lowest BCUT2D eigenvalue weighted by molar-refractivity contribution is -0.384. The first kappa shape index (κ1) is 20.1. The number of nitrogens with zero attached hydrogens (tertiary/aromatic N) is 1. The highest BCUT2D eigenvalue weighted by Crippen LogP contribution is 2.23. The zero-order chi connectivity index (χ0) is 21.0. The van der Waals surface area contributed by atoms with Crippen LogP contribution < -0.4 is 10.1 Å². The number of nitro groups is 1. The first-order valence-corrected chi connectivity index (χ1v) is 9.21. The van der Waals surface area contributed by atoms with Gasteiger partial charge in [-0.05, 0) is 54.3 Å². The number of ether oxygens (including phenoxy) is 1. The molecule has 0 fully saturated rings. The molecule has 7 heteroatoms. The summed E-state index contributed by atoms with van der Waals surface area (Å²) in [6, 6.07) is 15.3. The monoisotopic (exact) mass is 394 g/mol. The molecule has 1 heterocycles. The van der Waals surface area contributed by atoms with Crippen molar-refractivity contribution in [2.24, 2.45) is 0 Å². The Bertz CT molecular complexity index is 1020. The predicted molar refractivity (Wildman–Crippen MR) is 109 cm³/mol. The maximum atomic E-state index is 12.4. The Balaban J connectivity index is 1.60. The second-order valence-corrected chi connectivity index (χ2v) is 6.99. The summed E-state index contributed by atoms with van der Waals surface area (Å²) >= 11 is 0. The van der Waals surface area contributed by atoms with Crippen molar-refractivity contribution in [3.05, 3.63) is 87.4 Å². The highest BCUT2D eigenvalue weighted by Gasteiger charge is 2.15. The van der Waals surface area contributed by atoms with Gasteiger partial charge in [0, 0.05) is 17.8 Å². The van der Waals surface area contributed by atoms with Crippen molar-refractivity contribution in [2.45, 2.75) is 33.3 Å². The smallest absolute Gasteiger partial charge is 0.291 e. The molecule has 0 bridgehead atoms. The Morgan fingerprint density at radius 1 is 1.14 bits per heavy atom. The van der Waals surface area contributed by atoms with Crippen LogP contribution in [-0.2, 0) is 6.61 Å². The van der Waals surface area contributed by atoms with Crippen LogP contribution in [0, 0.1) is 17.0 Å². The van der Waals surface area contributed by atoms with E-state index in [0.717, 1.165) is 5.75 Å². The highest BCUT2D eigenvalue weighted by molar-refractivity contribution is 6.02. The summed E-state index contributed by atoms with van der Waals surface area (Å²) in [6.07, 6.45) is 0. The number of amides is 1. The first-order chi connectivity index (χ1) is 13.8. The molecule has 0 unspecified atom stereocenters. The van der Waals surface area contributed by atoms with Gasteiger partial charge in [-0.1, -0.05) is 26.0 Å². The van der Waals surface area contributed by atoms with Crippen LogP contribution in [0.25, 0.3) is 0 Å². The van der Waals surface area contributed by atoms with Crippen molar-refractivity contribution < 1.29 is 18.9 Å². The van der Waals surface area contributed by atoms with E-state index in [9.17, 15) is 14.9 Å². The predicted octanol–water partition coefficient (Wildman–Crippen LogP) is 5.45. The van der Waals surface area contributed by atoms with Crippen molar-refractivity contribution in [3.63, 3.8) is 0 Å². The summed E-state index contributed by atoms with van der Waals surface area (Å²) in [7, 11) is 0. The number of benzene rings is 2. The van der Waals surface area contributed by atoms with E-state index in [0.29, 0.717) is 22.9 Å². The van der Waals surface area contributed by atoms with Crippen LogP contribution in [0.2, 0.25) is 0 Å². The third-order valence-electron chi connectivity index (χ3n) is 4.48. The normalized spacial score (nSPS) is 10.8. The fourth-order valence-electron chi connectivity index (χ4n) is 2.77. The average molecular weight is 394 g/mol. The number of nitrogens with one attached hydrogen (secondary N) is 1. The number of anilines is 1. The Kier molecular flexibility index (Phi) is 5.97. The van der Waals surface area contributed by atoms with Crippen molar-refractivity contribution >= 4 is 17.3 Å². The molecular formula is C22H22N2O5. The summed E-state index contributed by atoms with van der Waals surface area (Å²) in [6.45, 7) is 6.15. The molecule has 0 aliphatic carbocycles. The van der Waals surface area contributed by atoms with Gasteiger partial charge in [-0.2, -0.15) is 0 Å². The van der Waals surface area contributed by atoms with Gasteiger partial charge < -0.3 is 14.5 Å². The number of hydrogen-bond acceptors (Lipinski definition) is 5. The molecule has 7 nitrogen and oxygen atoms in total. The van der Waals surface area contributed by atoms with Gasteiger partial charge in [0.1, 0.15) is 18.1 Å². The second-order valence-electron chi connectivity index (χ2n) is 6.99. The topological polar surface area (TPSA) is 94.6 Å². The average Bonchev–Trinajstić information content (AvgIpc) is 3.17.